The quantitative estimate of drug-likeness (QED) is 0.632. The lowest BCUT2D eigenvalue weighted by Gasteiger charge is -2.27. The van der Waals surface area contributed by atoms with E-state index >= 15 is 0 Å². The minimum atomic E-state index is -0.913. The summed E-state index contributed by atoms with van der Waals surface area (Å²) in [5.41, 5.74) is 2.70. The van der Waals surface area contributed by atoms with Crippen LogP contribution in [0.3, 0.4) is 0 Å². The molecule has 3 rings (SSSR count). The van der Waals surface area contributed by atoms with Crippen LogP contribution in [0.25, 0.3) is 0 Å². The monoisotopic (exact) mass is 425 g/mol. The van der Waals surface area contributed by atoms with Gasteiger partial charge in [-0.15, -0.1) is 0 Å². The Kier molecular flexibility index (Phi) is 7.55. The predicted molar refractivity (Wildman–Crippen MR) is 118 cm³/mol. The summed E-state index contributed by atoms with van der Waals surface area (Å²) in [4.78, 5) is 25.3. The number of methoxy groups -OCH3 is 1. The van der Waals surface area contributed by atoms with Crippen LogP contribution in [-0.4, -0.2) is 31.7 Å². The molecule has 0 saturated carbocycles. The number of carbonyl (C=O) groups excluding carboxylic acids is 2. The average molecular weight is 426 g/mol. The van der Waals surface area contributed by atoms with Crippen molar-refractivity contribution in [2.45, 2.75) is 52.2 Å². The van der Waals surface area contributed by atoms with Crippen LogP contribution >= 0.6 is 0 Å². The number of carbonyl (C=O) groups is 2. The fraction of sp³-hybridized carbons (Fsp3) is 0.440. The molecule has 0 aliphatic heterocycles. The van der Waals surface area contributed by atoms with Crippen LogP contribution in [0.5, 0.6) is 11.5 Å². The fourth-order valence-electron chi connectivity index (χ4n) is 3.65. The molecule has 166 valence electrons. The van der Waals surface area contributed by atoms with E-state index in [4.69, 9.17) is 14.2 Å². The lowest BCUT2D eigenvalue weighted by molar-refractivity contribution is -0.130. The maximum absolute atomic E-state index is 12.7. The molecule has 6 nitrogen and oxygen atoms in total. The van der Waals surface area contributed by atoms with E-state index in [0.29, 0.717) is 29.6 Å². The van der Waals surface area contributed by atoms with Gasteiger partial charge in [0.05, 0.1) is 25.3 Å². The van der Waals surface area contributed by atoms with Crippen molar-refractivity contribution < 1.29 is 23.8 Å². The summed E-state index contributed by atoms with van der Waals surface area (Å²) >= 11 is 0. The number of esters is 1. The highest BCUT2D eigenvalue weighted by atomic mass is 16.5. The van der Waals surface area contributed by atoms with Crippen LogP contribution in [0.1, 0.15) is 61.1 Å². The lowest BCUT2D eigenvalue weighted by Crippen LogP contribution is -2.39. The van der Waals surface area contributed by atoms with Crippen LogP contribution in [0.4, 0.5) is 0 Å². The molecule has 1 amide bonds. The van der Waals surface area contributed by atoms with Crippen LogP contribution < -0.4 is 14.8 Å². The highest BCUT2D eigenvalue weighted by molar-refractivity contribution is 5.93. The average Bonchev–Trinajstić information content (AvgIpc) is 2.77. The van der Waals surface area contributed by atoms with E-state index in [1.165, 1.54) is 12.7 Å². The predicted octanol–water partition coefficient (Wildman–Crippen LogP) is 4.47. The minimum Gasteiger partial charge on any atom is -0.493 e. The normalized spacial score (nSPS) is 16.2. The van der Waals surface area contributed by atoms with Crippen molar-refractivity contribution in [3.05, 3.63) is 59.2 Å². The topological polar surface area (TPSA) is 73.9 Å². The van der Waals surface area contributed by atoms with Crippen LogP contribution in [0.2, 0.25) is 0 Å². The van der Waals surface area contributed by atoms with Crippen LogP contribution in [0.15, 0.2) is 42.5 Å². The molecule has 0 radical (unpaired) electrons. The van der Waals surface area contributed by atoms with Crippen LogP contribution in [-0.2, 0) is 16.0 Å². The van der Waals surface area contributed by atoms with Gasteiger partial charge in [-0.3, -0.25) is 4.79 Å². The van der Waals surface area contributed by atoms with Crippen molar-refractivity contribution in [3.8, 4) is 11.5 Å². The zero-order chi connectivity index (χ0) is 22.4. The zero-order valence-corrected chi connectivity index (χ0v) is 18.6. The lowest BCUT2D eigenvalue weighted by atomic mass is 9.87. The van der Waals surface area contributed by atoms with Crippen LogP contribution in [0, 0.1) is 5.92 Å². The number of aryl methyl sites for hydroxylation is 1. The van der Waals surface area contributed by atoms with Crippen molar-refractivity contribution in [2.75, 3.05) is 13.7 Å². The Balaban J connectivity index is 1.62. The number of amides is 1. The summed E-state index contributed by atoms with van der Waals surface area (Å²) < 4.78 is 16.5. The molecule has 0 heterocycles. The molecule has 0 unspecified atom stereocenters. The summed E-state index contributed by atoms with van der Waals surface area (Å²) in [5.74, 6) is 0.490. The number of hydrogen-bond acceptors (Lipinski definition) is 5. The van der Waals surface area contributed by atoms with Gasteiger partial charge in [-0.25, -0.2) is 4.79 Å². The fourth-order valence-corrected chi connectivity index (χ4v) is 3.65. The van der Waals surface area contributed by atoms with E-state index in [9.17, 15) is 9.59 Å². The second-order valence-electron chi connectivity index (χ2n) is 8.27. The Morgan fingerprint density at radius 2 is 1.87 bits per heavy atom. The third kappa shape index (κ3) is 5.78. The van der Waals surface area contributed by atoms with Gasteiger partial charge >= 0.3 is 5.97 Å². The van der Waals surface area contributed by atoms with Crippen molar-refractivity contribution in [3.63, 3.8) is 0 Å². The second kappa shape index (κ2) is 10.3. The summed E-state index contributed by atoms with van der Waals surface area (Å²) in [6.07, 6.45) is 2.00. The molecule has 1 N–H and O–H groups in total. The molecule has 0 aromatic heterocycles. The molecule has 0 fully saturated rings. The van der Waals surface area contributed by atoms with E-state index in [2.05, 4.69) is 25.2 Å². The summed E-state index contributed by atoms with van der Waals surface area (Å²) in [5, 5.41) is 3.03. The number of rotatable bonds is 8. The molecule has 2 aromatic rings. The van der Waals surface area contributed by atoms with E-state index in [1.807, 2.05) is 18.2 Å². The SMILES string of the molecule is COc1cc(C(=O)O[C@H](C)C(=O)N[C@@H]2CCCc3ccccc32)ccc1OCC(C)C. The maximum Gasteiger partial charge on any atom is 0.339 e. The number of ether oxygens (including phenoxy) is 3. The Hall–Kier alpha value is -3.02. The second-order valence-corrected chi connectivity index (χ2v) is 8.27. The van der Waals surface area contributed by atoms with Gasteiger partial charge in [0, 0.05) is 0 Å². The van der Waals surface area contributed by atoms with E-state index < -0.39 is 12.1 Å². The molecular formula is C25H31NO5. The van der Waals surface area contributed by atoms with E-state index in [1.54, 1.807) is 25.1 Å². The van der Waals surface area contributed by atoms with Gasteiger partial charge in [-0.2, -0.15) is 0 Å². The standard InChI is InChI=1S/C25H31NO5/c1-16(2)15-30-22-13-12-19(14-23(22)29-4)25(28)31-17(3)24(27)26-21-11-7-9-18-8-5-6-10-20(18)21/h5-6,8,10,12-14,16-17,21H,7,9,11,15H2,1-4H3,(H,26,27)/t17-,21-/m1/s1. The van der Waals surface area contributed by atoms with Gasteiger partial charge in [0.1, 0.15) is 0 Å². The number of nitrogens with one attached hydrogen (secondary N) is 1. The van der Waals surface area contributed by atoms with Crippen molar-refractivity contribution in [1.29, 1.82) is 0 Å². The third-order valence-corrected chi connectivity index (χ3v) is 5.31. The van der Waals surface area contributed by atoms with Crippen molar-refractivity contribution in [1.82, 2.24) is 5.32 Å². The zero-order valence-electron chi connectivity index (χ0n) is 18.6. The van der Waals surface area contributed by atoms with E-state index in [-0.39, 0.29) is 11.9 Å². The molecule has 1 aliphatic rings. The maximum atomic E-state index is 12.7. The van der Waals surface area contributed by atoms with Gasteiger partial charge in [0.15, 0.2) is 17.6 Å². The number of hydrogen-bond donors (Lipinski definition) is 1. The molecule has 1 aliphatic carbocycles. The molecule has 2 aromatic carbocycles. The van der Waals surface area contributed by atoms with Gasteiger partial charge in [0.2, 0.25) is 0 Å². The highest BCUT2D eigenvalue weighted by Gasteiger charge is 2.26. The number of benzene rings is 2. The first-order chi connectivity index (χ1) is 14.9. The largest absolute Gasteiger partial charge is 0.493 e. The summed E-state index contributed by atoms with van der Waals surface area (Å²) in [6.45, 7) is 6.23. The molecular weight excluding hydrogens is 394 g/mol. The molecule has 31 heavy (non-hydrogen) atoms. The van der Waals surface area contributed by atoms with Gasteiger partial charge in [0.25, 0.3) is 5.91 Å². The smallest absolute Gasteiger partial charge is 0.339 e. The Labute approximate surface area is 183 Å². The van der Waals surface area contributed by atoms with Crippen molar-refractivity contribution in [2.24, 2.45) is 5.92 Å². The first-order valence-electron chi connectivity index (χ1n) is 10.8. The summed E-state index contributed by atoms with van der Waals surface area (Å²) in [7, 11) is 1.52. The third-order valence-electron chi connectivity index (χ3n) is 5.31. The minimum absolute atomic E-state index is 0.0592. The van der Waals surface area contributed by atoms with Gasteiger partial charge < -0.3 is 19.5 Å². The van der Waals surface area contributed by atoms with Crippen molar-refractivity contribution >= 4 is 11.9 Å². The molecule has 0 spiro atoms. The molecule has 0 saturated heterocycles. The van der Waals surface area contributed by atoms with E-state index in [0.717, 1.165) is 24.8 Å². The van der Waals surface area contributed by atoms with Gasteiger partial charge in [-0.05, 0) is 61.4 Å². The molecule has 6 heteroatoms. The van der Waals surface area contributed by atoms with Gasteiger partial charge in [-0.1, -0.05) is 38.1 Å². The number of fused-ring (bicyclic) bond motifs is 1. The first kappa shape index (κ1) is 22.7. The molecule has 0 bridgehead atoms. The highest BCUT2D eigenvalue weighted by Crippen LogP contribution is 2.30. The Bertz CT molecular complexity index is 924. The Morgan fingerprint density at radius 3 is 2.61 bits per heavy atom. The first-order valence-corrected chi connectivity index (χ1v) is 10.8. The molecule has 2 atom stereocenters. The Morgan fingerprint density at radius 1 is 1.10 bits per heavy atom. The summed E-state index contributed by atoms with van der Waals surface area (Å²) in [6, 6.07) is 12.9.